The molecule has 9 heteroatoms. The highest BCUT2D eigenvalue weighted by Gasteiger charge is 2.17. The number of nitrogens with one attached hydrogen (secondary N) is 2. The van der Waals surface area contributed by atoms with Crippen LogP contribution in [0.15, 0.2) is 24.3 Å². The van der Waals surface area contributed by atoms with E-state index in [-0.39, 0.29) is 5.69 Å². The van der Waals surface area contributed by atoms with Crippen LogP contribution in [-0.4, -0.2) is 29.5 Å². The van der Waals surface area contributed by atoms with E-state index in [4.69, 9.17) is 4.74 Å². The van der Waals surface area contributed by atoms with Crippen molar-refractivity contribution < 1.29 is 23.5 Å². The maximum absolute atomic E-state index is 13.4. The van der Waals surface area contributed by atoms with Gasteiger partial charge in [-0.15, -0.1) is 11.3 Å². The molecule has 1 aromatic carbocycles. The van der Waals surface area contributed by atoms with Crippen LogP contribution < -0.4 is 10.6 Å². The molecule has 0 atom stereocenters. The number of anilines is 1. The number of aromatic nitrogens is 1. The number of imide groups is 1. The van der Waals surface area contributed by atoms with Crippen molar-refractivity contribution in [1.29, 1.82) is 0 Å². The zero-order valence-corrected chi connectivity index (χ0v) is 13.7. The van der Waals surface area contributed by atoms with Crippen molar-refractivity contribution in [3.63, 3.8) is 0 Å². The Balaban J connectivity index is 1.83. The summed E-state index contributed by atoms with van der Waals surface area (Å²) >= 11 is 1.15. The second-order valence-corrected chi connectivity index (χ2v) is 5.91. The standard InChI is InChI=1S/C15H14FN3O4S/c1-8-13(24-9(2)17-8)14(21)23-7-12(20)19-15(22)18-11-6-4-3-5-10(11)16/h3-6H,7H2,1-2H3,(H2,18,19,20,22). The molecule has 0 aliphatic carbocycles. The maximum Gasteiger partial charge on any atom is 0.350 e. The number of nitrogens with zero attached hydrogens (tertiary/aromatic N) is 1. The molecule has 2 aromatic rings. The Labute approximate surface area is 140 Å². The third-order valence-corrected chi connectivity index (χ3v) is 3.85. The lowest BCUT2D eigenvalue weighted by atomic mass is 10.3. The van der Waals surface area contributed by atoms with Crippen LogP contribution in [-0.2, 0) is 9.53 Å². The molecule has 24 heavy (non-hydrogen) atoms. The highest BCUT2D eigenvalue weighted by atomic mass is 32.1. The van der Waals surface area contributed by atoms with E-state index >= 15 is 0 Å². The molecule has 0 fully saturated rings. The van der Waals surface area contributed by atoms with Gasteiger partial charge < -0.3 is 10.1 Å². The number of halogens is 1. The first-order valence-electron chi connectivity index (χ1n) is 6.83. The zero-order chi connectivity index (χ0) is 17.7. The second-order valence-electron chi connectivity index (χ2n) is 4.71. The summed E-state index contributed by atoms with van der Waals surface area (Å²) in [5.74, 6) is -2.17. The lowest BCUT2D eigenvalue weighted by Crippen LogP contribution is -2.37. The summed E-state index contributed by atoms with van der Waals surface area (Å²) < 4.78 is 18.2. The van der Waals surface area contributed by atoms with Crippen molar-refractivity contribution >= 4 is 34.9 Å². The van der Waals surface area contributed by atoms with E-state index in [1.807, 2.05) is 5.32 Å². The van der Waals surface area contributed by atoms with Crippen molar-refractivity contribution in [2.45, 2.75) is 13.8 Å². The number of aryl methyl sites for hydroxylation is 2. The Morgan fingerprint density at radius 3 is 2.58 bits per heavy atom. The molecule has 7 nitrogen and oxygen atoms in total. The molecule has 1 aromatic heterocycles. The van der Waals surface area contributed by atoms with Crippen molar-refractivity contribution in [3.8, 4) is 0 Å². The van der Waals surface area contributed by atoms with Crippen LogP contribution in [0, 0.1) is 19.7 Å². The molecule has 1 heterocycles. The number of carbonyl (C=O) groups excluding carboxylic acids is 3. The number of ether oxygens (including phenoxy) is 1. The van der Waals surface area contributed by atoms with Crippen LogP contribution in [0.2, 0.25) is 0 Å². The van der Waals surface area contributed by atoms with E-state index in [0.717, 1.165) is 11.3 Å². The minimum absolute atomic E-state index is 0.0736. The van der Waals surface area contributed by atoms with Crippen LogP contribution in [0.3, 0.4) is 0 Å². The Kier molecular flexibility index (Phi) is 5.59. The fourth-order valence-corrected chi connectivity index (χ4v) is 2.61. The minimum atomic E-state index is -0.925. The SMILES string of the molecule is Cc1nc(C)c(C(=O)OCC(=O)NC(=O)Nc2ccccc2F)s1. The summed E-state index contributed by atoms with van der Waals surface area (Å²) in [6.45, 7) is 2.76. The smallest absolute Gasteiger partial charge is 0.350 e. The largest absolute Gasteiger partial charge is 0.451 e. The number of carbonyl (C=O) groups is 3. The van der Waals surface area contributed by atoms with E-state index in [9.17, 15) is 18.8 Å². The maximum atomic E-state index is 13.4. The van der Waals surface area contributed by atoms with Crippen LogP contribution in [0.25, 0.3) is 0 Å². The molecule has 0 aliphatic heterocycles. The summed E-state index contributed by atoms with van der Waals surface area (Å²) in [6.07, 6.45) is 0. The first-order chi connectivity index (χ1) is 11.4. The van der Waals surface area contributed by atoms with Crippen molar-refractivity contribution in [3.05, 3.63) is 45.7 Å². The van der Waals surface area contributed by atoms with E-state index in [2.05, 4.69) is 10.3 Å². The van der Waals surface area contributed by atoms with Crippen LogP contribution in [0.1, 0.15) is 20.4 Å². The van der Waals surface area contributed by atoms with Gasteiger partial charge in [-0.25, -0.2) is 19.0 Å². The van der Waals surface area contributed by atoms with Gasteiger partial charge in [0.05, 0.1) is 16.4 Å². The van der Waals surface area contributed by atoms with Gasteiger partial charge >= 0.3 is 12.0 Å². The molecular formula is C15H14FN3O4S. The predicted octanol–water partition coefficient (Wildman–Crippen LogP) is 2.40. The Hall–Kier alpha value is -2.81. The van der Waals surface area contributed by atoms with Crippen molar-refractivity contribution in [2.75, 3.05) is 11.9 Å². The summed E-state index contributed by atoms with van der Waals surface area (Å²) in [5.41, 5.74) is 0.441. The summed E-state index contributed by atoms with van der Waals surface area (Å²) in [6, 6.07) is 4.58. The van der Waals surface area contributed by atoms with Crippen LogP contribution >= 0.6 is 11.3 Å². The van der Waals surface area contributed by atoms with Crippen LogP contribution in [0.4, 0.5) is 14.9 Å². The Morgan fingerprint density at radius 1 is 1.25 bits per heavy atom. The molecule has 0 saturated heterocycles. The summed E-state index contributed by atoms with van der Waals surface area (Å²) in [7, 11) is 0. The minimum Gasteiger partial charge on any atom is -0.451 e. The van der Waals surface area contributed by atoms with Gasteiger partial charge in [0, 0.05) is 0 Å². The zero-order valence-electron chi connectivity index (χ0n) is 12.9. The normalized spacial score (nSPS) is 10.1. The molecule has 126 valence electrons. The van der Waals surface area contributed by atoms with Gasteiger partial charge in [-0.1, -0.05) is 12.1 Å². The van der Waals surface area contributed by atoms with Crippen molar-refractivity contribution in [1.82, 2.24) is 10.3 Å². The van der Waals surface area contributed by atoms with Gasteiger partial charge in [0.15, 0.2) is 6.61 Å². The fraction of sp³-hybridized carbons (Fsp3) is 0.200. The van der Waals surface area contributed by atoms with E-state index in [1.165, 1.54) is 24.3 Å². The van der Waals surface area contributed by atoms with Crippen molar-refractivity contribution in [2.24, 2.45) is 0 Å². The molecule has 2 N–H and O–H groups in total. The average Bonchev–Trinajstić information content (AvgIpc) is 2.86. The highest BCUT2D eigenvalue weighted by molar-refractivity contribution is 7.13. The van der Waals surface area contributed by atoms with Gasteiger partial charge in [-0.05, 0) is 26.0 Å². The average molecular weight is 351 g/mol. The number of urea groups is 1. The molecule has 0 aliphatic rings. The Bertz CT molecular complexity index is 791. The van der Waals surface area contributed by atoms with Gasteiger partial charge in [0.1, 0.15) is 10.7 Å². The number of amides is 3. The summed E-state index contributed by atoms with van der Waals surface area (Å²) in [5, 5.41) is 4.82. The van der Waals surface area contributed by atoms with Gasteiger partial charge in [0.2, 0.25) is 0 Å². The molecule has 3 amide bonds. The molecule has 0 unspecified atom stereocenters. The monoisotopic (exact) mass is 351 g/mol. The number of esters is 1. The van der Waals surface area contributed by atoms with Crippen LogP contribution in [0.5, 0.6) is 0 Å². The molecule has 0 saturated carbocycles. The van der Waals surface area contributed by atoms with Gasteiger partial charge in [-0.3, -0.25) is 10.1 Å². The number of thiazole rings is 1. The third-order valence-electron chi connectivity index (χ3n) is 2.80. The number of para-hydroxylation sites is 1. The predicted molar refractivity (Wildman–Crippen MR) is 85.4 cm³/mol. The van der Waals surface area contributed by atoms with Gasteiger partial charge in [0.25, 0.3) is 5.91 Å². The quantitative estimate of drug-likeness (QED) is 0.825. The van der Waals surface area contributed by atoms with E-state index < -0.39 is 30.3 Å². The molecule has 0 radical (unpaired) electrons. The summed E-state index contributed by atoms with van der Waals surface area (Å²) in [4.78, 5) is 39.4. The topological polar surface area (TPSA) is 97.4 Å². The first kappa shape index (κ1) is 17.5. The number of hydrogen-bond donors (Lipinski definition) is 2. The van der Waals surface area contributed by atoms with E-state index in [1.54, 1.807) is 13.8 Å². The molecule has 2 rings (SSSR count). The fourth-order valence-electron chi connectivity index (χ4n) is 1.80. The third kappa shape index (κ3) is 4.59. The lowest BCUT2D eigenvalue weighted by molar-refractivity contribution is -0.123. The first-order valence-corrected chi connectivity index (χ1v) is 7.65. The molecule has 0 spiro atoms. The Morgan fingerprint density at radius 2 is 1.96 bits per heavy atom. The number of rotatable bonds is 4. The highest BCUT2D eigenvalue weighted by Crippen LogP contribution is 2.18. The molecular weight excluding hydrogens is 337 g/mol. The number of benzene rings is 1. The number of hydrogen-bond acceptors (Lipinski definition) is 6. The van der Waals surface area contributed by atoms with E-state index in [0.29, 0.717) is 15.6 Å². The lowest BCUT2D eigenvalue weighted by Gasteiger charge is -2.07. The van der Waals surface area contributed by atoms with Gasteiger partial charge in [-0.2, -0.15) is 0 Å². The second kappa shape index (κ2) is 7.64. The molecule has 0 bridgehead atoms.